The lowest BCUT2D eigenvalue weighted by Gasteiger charge is -2.40. The van der Waals surface area contributed by atoms with Gasteiger partial charge in [0.25, 0.3) is 0 Å². The molecule has 1 heterocycles. The van der Waals surface area contributed by atoms with Crippen molar-refractivity contribution in [3.63, 3.8) is 0 Å². The van der Waals surface area contributed by atoms with Crippen molar-refractivity contribution in [2.75, 3.05) is 13.1 Å². The van der Waals surface area contributed by atoms with E-state index in [4.69, 9.17) is 0 Å². The Morgan fingerprint density at radius 2 is 1.73 bits per heavy atom. The Bertz CT molecular complexity index is 194. The summed E-state index contributed by atoms with van der Waals surface area (Å²) in [7, 11) is 0. The van der Waals surface area contributed by atoms with Gasteiger partial charge in [0.15, 0.2) is 0 Å². The number of nitrogens with one attached hydrogen (secondary N) is 1. The van der Waals surface area contributed by atoms with Gasteiger partial charge in [0.05, 0.1) is 6.10 Å². The minimum absolute atomic E-state index is 0.0294. The third-order valence-electron chi connectivity index (χ3n) is 3.84. The molecule has 0 amide bonds. The number of nitrogens with zero attached hydrogens (tertiary/aromatic N) is 1. The fraction of sp³-hybridized carbons (Fsp3) is 1.00. The summed E-state index contributed by atoms with van der Waals surface area (Å²) in [6.45, 7) is 7.00. The molecule has 0 atom stereocenters. The molecule has 1 aliphatic carbocycles. The Kier molecular flexibility index (Phi) is 3.65. The summed E-state index contributed by atoms with van der Waals surface area (Å²) in [6.07, 6.45) is 4.43. The van der Waals surface area contributed by atoms with Gasteiger partial charge in [0.2, 0.25) is 0 Å². The predicted octanol–water partition coefficient (Wildman–Crippen LogP) is 0.972. The lowest BCUT2D eigenvalue weighted by molar-refractivity contribution is 0.0507. The van der Waals surface area contributed by atoms with E-state index >= 15 is 0 Å². The van der Waals surface area contributed by atoms with Gasteiger partial charge >= 0.3 is 0 Å². The zero-order chi connectivity index (χ0) is 10.8. The molecule has 0 bridgehead atoms. The van der Waals surface area contributed by atoms with Gasteiger partial charge in [-0.15, -0.1) is 0 Å². The normalized spacial score (nSPS) is 34.4. The van der Waals surface area contributed by atoms with Crippen LogP contribution in [0, 0.1) is 0 Å². The third kappa shape index (κ3) is 2.92. The maximum Gasteiger partial charge on any atom is 0.0570 e. The zero-order valence-corrected chi connectivity index (χ0v) is 9.95. The Balaban J connectivity index is 1.65. The molecule has 0 aromatic heterocycles. The van der Waals surface area contributed by atoms with Crippen molar-refractivity contribution in [3.05, 3.63) is 0 Å². The molecule has 0 aromatic carbocycles. The maximum absolute atomic E-state index is 9.21. The van der Waals surface area contributed by atoms with Crippen molar-refractivity contribution in [3.8, 4) is 0 Å². The maximum atomic E-state index is 9.21. The summed E-state index contributed by atoms with van der Waals surface area (Å²) in [5.41, 5.74) is 0. The molecule has 2 aliphatic rings. The second-order valence-corrected chi connectivity index (χ2v) is 5.39. The first kappa shape index (κ1) is 11.4. The van der Waals surface area contributed by atoms with Gasteiger partial charge in [-0.2, -0.15) is 0 Å². The molecule has 2 rings (SSSR count). The highest BCUT2D eigenvalue weighted by Crippen LogP contribution is 2.22. The lowest BCUT2D eigenvalue weighted by atomic mass is 9.88. The molecule has 2 fully saturated rings. The summed E-state index contributed by atoms with van der Waals surface area (Å²) in [4.78, 5) is 2.55. The topological polar surface area (TPSA) is 35.5 Å². The molecule has 3 heteroatoms. The number of rotatable bonds is 3. The summed E-state index contributed by atoms with van der Waals surface area (Å²) < 4.78 is 0. The monoisotopic (exact) mass is 212 g/mol. The van der Waals surface area contributed by atoms with Crippen LogP contribution < -0.4 is 5.32 Å². The Labute approximate surface area is 92.8 Å². The van der Waals surface area contributed by atoms with Crippen molar-refractivity contribution in [1.82, 2.24) is 10.2 Å². The minimum atomic E-state index is -0.0294. The highest BCUT2D eigenvalue weighted by molar-refractivity contribution is 4.89. The van der Waals surface area contributed by atoms with Crippen molar-refractivity contribution in [1.29, 1.82) is 0 Å². The first-order valence-corrected chi connectivity index (χ1v) is 6.33. The molecule has 3 nitrogen and oxygen atoms in total. The first-order valence-electron chi connectivity index (χ1n) is 6.33. The lowest BCUT2D eigenvalue weighted by Crippen LogP contribution is -2.52. The van der Waals surface area contributed by atoms with Gasteiger partial charge in [-0.3, -0.25) is 0 Å². The second-order valence-electron chi connectivity index (χ2n) is 5.39. The van der Waals surface area contributed by atoms with E-state index in [1.54, 1.807) is 0 Å². The number of aliphatic hydroxyl groups is 1. The predicted molar refractivity (Wildman–Crippen MR) is 61.9 cm³/mol. The van der Waals surface area contributed by atoms with E-state index in [9.17, 15) is 5.11 Å². The average Bonchev–Trinajstić information content (AvgIpc) is 2.16. The van der Waals surface area contributed by atoms with Crippen LogP contribution in [0.25, 0.3) is 0 Å². The zero-order valence-electron chi connectivity index (χ0n) is 9.95. The molecule has 1 saturated carbocycles. The summed E-state index contributed by atoms with van der Waals surface area (Å²) in [5, 5.41) is 12.9. The highest BCUT2D eigenvalue weighted by Gasteiger charge is 2.30. The summed E-state index contributed by atoms with van der Waals surface area (Å²) in [5.74, 6) is 0. The smallest absolute Gasteiger partial charge is 0.0570 e. The summed E-state index contributed by atoms with van der Waals surface area (Å²) >= 11 is 0. The quantitative estimate of drug-likeness (QED) is 0.732. The van der Waals surface area contributed by atoms with Crippen LogP contribution in [0.2, 0.25) is 0 Å². The standard InChI is InChI=1S/C12H24N2O/c1-9(2)14-5-3-10(4-6-14)13-11-7-12(15)8-11/h9-13,15H,3-8H2,1-2H3/t11-,12+. The van der Waals surface area contributed by atoms with Crippen LogP contribution in [-0.4, -0.2) is 47.3 Å². The number of hydrogen-bond acceptors (Lipinski definition) is 3. The highest BCUT2D eigenvalue weighted by atomic mass is 16.3. The van der Waals surface area contributed by atoms with Gasteiger partial charge in [0.1, 0.15) is 0 Å². The molecule has 0 aromatic rings. The van der Waals surface area contributed by atoms with Gasteiger partial charge < -0.3 is 15.3 Å². The molecule has 88 valence electrons. The van der Waals surface area contributed by atoms with Gasteiger partial charge in [-0.05, 0) is 52.6 Å². The molecule has 1 aliphatic heterocycles. The van der Waals surface area contributed by atoms with E-state index in [0.717, 1.165) is 12.8 Å². The van der Waals surface area contributed by atoms with Gasteiger partial charge in [0, 0.05) is 18.1 Å². The number of piperidine rings is 1. The molecule has 1 saturated heterocycles. The van der Waals surface area contributed by atoms with Crippen LogP contribution in [0.3, 0.4) is 0 Å². The second kappa shape index (κ2) is 4.81. The van der Waals surface area contributed by atoms with Crippen LogP contribution in [0.15, 0.2) is 0 Å². The van der Waals surface area contributed by atoms with Crippen LogP contribution in [0.5, 0.6) is 0 Å². The van der Waals surface area contributed by atoms with E-state index in [1.165, 1.54) is 25.9 Å². The molecule has 15 heavy (non-hydrogen) atoms. The van der Waals surface area contributed by atoms with Gasteiger partial charge in [-0.1, -0.05) is 0 Å². The fourth-order valence-corrected chi connectivity index (χ4v) is 2.64. The molecular formula is C12H24N2O. The van der Waals surface area contributed by atoms with E-state index in [1.807, 2.05) is 0 Å². The molecular weight excluding hydrogens is 188 g/mol. The fourth-order valence-electron chi connectivity index (χ4n) is 2.64. The van der Waals surface area contributed by atoms with E-state index in [2.05, 4.69) is 24.1 Å². The van der Waals surface area contributed by atoms with Crippen molar-refractivity contribution in [2.45, 2.75) is 63.8 Å². The van der Waals surface area contributed by atoms with Gasteiger partial charge in [-0.25, -0.2) is 0 Å². The number of aliphatic hydroxyl groups excluding tert-OH is 1. The van der Waals surface area contributed by atoms with Crippen molar-refractivity contribution < 1.29 is 5.11 Å². The largest absolute Gasteiger partial charge is 0.393 e. The van der Waals surface area contributed by atoms with E-state index in [0.29, 0.717) is 18.1 Å². The number of likely N-dealkylation sites (tertiary alicyclic amines) is 1. The van der Waals surface area contributed by atoms with Crippen LogP contribution >= 0.6 is 0 Å². The van der Waals surface area contributed by atoms with Crippen LogP contribution in [0.4, 0.5) is 0 Å². The molecule has 2 N–H and O–H groups in total. The number of hydrogen-bond donors (Lipinski definition) is 2. The Hall–Kier alpha value is -0.120. The Morgan fingerprint density at radius 3 is 2.20 bits per heavy atom. The van der Waals surface area contributed by atoms with Crippen molar-refractivity contribution >= 4 is 0 Å². The average molecular weight is 212 g/mol. The van der Waals surface area contributed by atoms with Crippen LogP contribution in [-0.2, 0) is 0 Å². The van der Waals surface area contributed by atoms with Crippen LogP contribution in [0.1, 0.15) is 39.5 Å². The van der Waals surface area contributed by atoms with E-state index in [-0.39, 0.29) is 6.10 Å². The Morgan fingerprint density at radius 1 is 1.13 bits per heavy atom. The van der Waals surface area contributed by atoms with E-state index < -0.39 is 0 Å². The first-order chi connectivity index (χ1) is 7.15. The molecule has 0 spiro atoms. The summed E-state index contributed by atoms with van der Waals surface area (Å²) in [6, 6.07) is 1.98. The molecule has 0 radical (unpaired) electrons. The minimum Gasteiger partial charge on any atom is -0.393 e. The third-order valence-corrected chi connectivity index (χ3v) is 3.84. The SMILES string of the molecule is CC(C)N1CCC(N[C@H]2C[C@@H](O)C2)CC1. The van der Waals surface area contributed by atoms with Crippen molar-refractivity contribution in [2.24, 2.45) is 0 Å². The molecule has 0 unspecified atom stereocenters.